The van der Waals surface area contributed by atoms with Gasteiger partial charge in [-0.25, -0.2) is 8.42 Å². The van der Waals surface area contributed by atoms with Crippen LogP contribution in [0.1, 0.15) is 31.2 Å². The molecule has 1 aliphatic rings. The van der Waals surface area contributed by atoms with Crippen molar-refractivity contribution in [3.05, 3.63) is 29.8 Å². The average Bonchev–Trinajstić information content (AvgIpc) is 2.65. The lowest BCUT2D eigenvalue weighted by molar-refractivity contribution is -0.137. The van der Waals surface area contributed by atoms with Crippen LogP contribution in [0.15, 0.2) is 29.2 Å². The fourth-order valence-corrected chi connectivity index (χ4v) is 4.04. The fourth-order valence-electron chi connectivity index (χ4n) is 2.77. The summed E-state index contributed by atoms with van der Waals surface area (Å²) in [7, 11) is -4.46. The van der Waals surface area contributed by atoms with Crippen molar-refractivity contribution in [2.24, 2.45) is 5.73 Å². The molecule has 1 aromatic rings. The zero-order valence-corrected chi connectivity index (χ0v) is 16.2. The lowest BCUT2D eigenvalue weighted by Crippen LogP contribution is -2.50. The van der Waals surface area contributed by atoms with E-state index in [9.17, 15) is 31.2 Å². The Labute approximate surface area is 166 Å². The number of sulfonamides is 1. The maximum Gasteiger partial charge on any atom is 0.416 e. The van der Waals surface area contributed by atoms with Crippen LogP contribution in [0.2, 0.25) is 0 Å². The number of ether oxygens (including phenoxy) is 1. The van der Waals surface area contributed by atoms with Gasteiger partial charge in [0.15, 0.2) is 0 Å². The van der Waals surface area contributed by atoms with Gasteiger partial charge in [0.25, 0.3) is 0 Å². The Balaban J connectivity index is 2.19. The first kappa shape index (κ1) is 23.1. The predicted molar refractivity (Wildman–Crippen MR) is 96.0 cm³/mol. The highest BCUT2D eigenvalue weighted by Gasteiger charge is 2.33. The van der Waals surface area contributed by atoms with Crippen LogP contribution in [0.5, 0.6) is 0 Å². The van der Waals surface area contributed by atoms with Gasteiger partial charge in [-0.2, -0.15) is 17.9 Å². The van der Waals surface area contributed by atoms with Crippen LogP contribution < -0.4 is 15.8 Å². The van der Waals surface area contributed by atoms with E-state index in [1.807, 2.05) is 0 Å². The number of halogens is 3. The van der Waals surface area contributed by atoms with Gasteiger partial charge in [-0.15, -0.1) is 0 Å². The normalized spacial score (nSPS) is 16.9. The molecule has 29 heavy (non-hydrogen) atoms. The maximum absolute atomic E-state index is 12.9. The summed E-state index contributed by atoms with van der Waals surface area (Å²) >= 11 is 0. The Morgan fingerprint density at radius 2 is 1.90 bits per heavy atom. The van der Waals surface area contributed by atoms with Crippen LogP contribution >= 0.6 is 0 Å². The molecule has 2 amide bonds. The van der Waals surface area contributed by atoms with Crippen LogP contribution in [0.3, 0.4) is 0 Å². The van der Waals surface area contributed by atoms with Gasteiger partial charge in [-0.3, -0.25) is 9.59 Å². The van der Waals surface area contributed by atoms with E-state index in [-0.39, 0.29) is 18.9 Å². The Kier molecular flexibility index (Phi) is 7.60. The van der Waals surface area contributed by atoms with Crippen LogP contribution in [-0.2, 0) is 30.5 Å². The van der Waals surface area contributed by atoms with Gasteiger partial charge in [-0.05, 0) is 37.5 Å². The van der Waals surface area contributed by atoms with Crippen molar-refractivity contribution < 1.29 is 35.9 Å². The molecular formula is C17H22F3N3O5S. The van der Waals surface area contributed by atoms with E-state index in [1.54, 1.807) is 0 Å². The van der Waals surface area contributed by atoms with Gasteiger partial charge in [0, 0.05) is 25.7 Å². The first-order valence-electron chi connectivity index (χ1n) is 8.85. The molecule has 0 spiro atoms. The summed E-state index contributed by atoms with van der Waals surface area (Å²) in [6, 6.07) is 1.55. The van der Waals surface area contributed by atoms with Crippen LogP contribution in [-0.4, -0.2) is 45.5 Å². The zero-order valence-electron chi connectivity index (χ0n) is 15.4. The molecule has 1 atom stereocenters. The Morgan fingerprint density at radius 3 is 2.48 bits per heavy atom. The molecule has 1 heterocycles. The highest BCUT2D eigenvalue weighted by Crippen LogP contribution is 2.30. The molecule has 1 aliphatic heterocycles. The molecule has 0 aromatic heterocycles. The summed E-state index contributed by atoms with van der Waals surface area (Å²) in [6.45, 7) is 0.875. The van der Waals surface area contributed by atoms with E-state index >= 15 is 0 Å². The SMILES string of the molecule is NC(=O)CCC(NS(=O)(=O)c1cccc(C(F)(F)F)c1)C(=O)NC1CCOCC1. The zero-order chi connectivity index (χ0) is 21.7. The molecule has 12 heteroatoms. The van der Waals surface area contributed by atoms with Crippen molar-refractivity contribution in [3.8, 4) is 0 Å². The second-order valence-corrected chi connectivity index (χ2v) is 8.31. The molecule has 1 aromatic carbocycles. The number of alkyl halides is 3. The molecule has 1 fully saturated rings. The Morgan fingerprint density at radius 1 is 1.24 bits per heavy atom. The molecule has 162 valence electrons. The summed E-state index contributed by atoms with van der Waals surface area (Å²) in [5, 5.41) is 2.67. The average molecular weight is 437 g/mol. The number of carbonyl (C=O) groups excluding carboxylic acids is 2. The summed E-state index contributed by atoms with van der Waals surface area (Å²) in [4.78, 5) is 23.0. The highest BCUT2D eigenvalue weighted by molar-refractivity contribution is 7.89. The summed E-state index contributed by atoms with van der Waals surface area (Å²) < 4.78 is 71.0. The number of benzene rings is 1. The number of hydrogen-bond donors (Lipinski definition) is 3. The Hall–Kier alpha value is -2.18. The molecule has 2 rings (SSSR count). The second kappa shape index (κ2) is 9.55. The van der Waals surface area contributed by atoms with Crippen molar-refractivity contribution >= 4 is 21.8 Å². The minimum Gasteiger partial charge on any atom is -0.381 e. The van der Waals surface area contributed by atoms with Crippen molar-refractivity contribution in [1.82, 2.24) is 10.0 Å². The largest absolute Gasteiger partial charge is 0.416 e. The van der Waals surface area contributed by atoms with Crippen LogP contribution in [0.25, 0.3) is 0 Å². The van der Waals surface area contributed by atoms with Gasteiger partial charge in [-0.1, -0.05) is 6.07 Å². The standard InChI is InChI=1S/C17H22F3N3O5S/c18-17(19,20)11-2-1-3-13(10-11)29(26,27)23-14(4-5-15(21)24)16(25)22-12-6-8-28-9-7-12/h1-3,10,12,14,23H,4-9H2,(H2,21,24)(H,22,25). The maximum atomic E-state index is 12.9. The highest BCUT2D eigenvalue weighted by atomic mass is 32.2. The molecule has 0 radical (unpaired) electrons. The molecular weight excluding hydrogens is 415 g/mol. The van der Waals surface area contributed by atoms with Gasteiger partial charge in [0.1, 0.15) is 6.04 Å². The fraction of sp³-hybridized carbons (Fsp3) is 0.529. The summed E-state index contributed by atoms with van der Waals surface area (Å²) in [5.41, 5.74) is 3.94. The minimum atomic E-state index is -4.72. The topological polar surface area (TPSA) is 128 Å². The minimum absolute atomic E-state index is 0.231. The molecule has 0 aliphatic carbocycles. The third kappa shape index (κ3) is 6.98. The van der Waals surface area contributed by atoms with E-state index in [0.29, 0.717) is 32.1 Å². The molecule has 0 bridgehead atoms. The summed E-state index contributed by atoms with van der Waals surface area (Å²) in [5.74, 6) is -1.43. The van der Waals surface area contributed by atoms with E-state index in [4.69, 9.17) is 10.5 Å². The number of hydrogen-bond acceptors (Lipinski definition) is 5. The number of nitrogens with two attached hydrogens (primary N) is 1. The molecule has 4 N–H and O–H groups in total. The predicted octanol–water partition coefficient (Wildman–Crippen LogP) is 0.913. The number of carbonyl (C=O) groups is 2. The number of rotatable bonds is 8. The van der Waals surface area contributed by atoms with Crippen LogP contribution in [0, 0.1) is 0 Å². The number of amides is 2. The molecule has 1 saturated heterocycles. The first-order chi connectivity index (χ1) is 13.5. The van der Waals surface area contributed by atoms with Gasteiger partial charge < -0.3 is 15.8 Å². The van der Waals surface area contributed by atoms with Gasteiger partial charge in [0.2, 0.25) is 21.8 Å². The van der Waals surface area contributed by atoms with Gasteiger partial charge in [0.05, 0.1) is 10.5 Å². The summed E-state index contributed by atoms with van der Waals surface area (Å²) in [6.07, 6.45) is -4.17. The molecule has 1 unspecified atom stereocenters. The van der Waals surface area contributed by atoms with E-state index < -0.39 is 44.5 Å². The first-order valence-corrected chi connectivity index (χ1v) is 10.3. The quantitative estimate of drug-likeness (QED) is 0.557. The van der Waals surface area contributed by atoms with Crippen LogP contribution in [0.4, 0.5) is 13.2 Å². The van der Waals surface area contributed by atoms with Crippen molar-refractivity contribution in [1.29, 1.82) is 0 Å². The monoisotopic (exact) mass is 437 g/mol. The van der Waals surface area contributed by atoms with E-state index in [0.717, 1.165) is 18.2 Å². The lowest BCUT2D eigenvalue weighted by atomic mass is 10.1. The smallest absolute Gasteiger partial charge is 0.381 e. The van der Waals surface area contributed by atoms with E-state index in [2.05, 4.69) is 10.0 Å². The second-order valence-electron chi connectivity index (χ2n) is 6.60. The molecule has 8 nitrogen and oxygen atoms in total. The number of nitrogens with one attached hydrogen (secondary N) is 2. The lowest BCUT2D eigenvalue weighted by Gasteiger charge is -2.26. The third-order valence-corrected chi connectivity index (χ3v) is 5.80. The van der Waals surface area contributed by atoms with Crippen molar-refractivity contribution in [3.63, 3.8) is 0 Å². The Bertz CT molecular complexity index is 839. The van der Waals surface area contributed by atoms with Gasteiger partial charge >= 0.3 is 6.18 Å². The van der Waals surface area contributed by atoms with Crippen molar-refractivity contribution in [2.75, 3.05) is 13.2 Å². The van der Waals surface area contributed by atoms with E-state index in [1.165, 1.54) is 0 Å². The number of primary amides is 1. The van der Waals surface area contributed by atoms with Crippen molar-refractivity contribution in [2.45, 2.75) is 48.8 Å². The molecule has 0 saturated carbocycles. The third-order valence-electron chi connectivity index (χ3n) is 4.33.